The minimum absolute atomic E-state index is 0.0222. The standard InChI is InChI=1S/C40H42ClF3N6O5/c1-53-33-17-22(6-7-23(33)18-45-20-25-8-12-34(51)48-25)37-36(41)30(14-15-47-37)27-4-3-5-29-28(27)10-11-32(29)55-39-31(40(42,43)44)16-24(38(50-39)54-2)19-46-21-26-9-13-35(52)49-26/h3-7,14-17,25-26,32,45-46H,8-13,18-21H2,1-2H3,(H,48,51)(H,49,52)/t25-,26+,32+/m0/s1. The van der Waals surface area contributed by atoms with Crippen molar-refractivity contribution in [3.8, 4) is 39.9 Å². The number of nitrogens with zero attached hydrogens (tertiary/aromatic N) is 2. The van der Waals surface area contributed by atoms with Gasteiger partial charge in [0.15, 0.2) is 0 Å². The predicted octanol–water partition coefficient (Wildman–Crippen LogP) is 6.30. The molecule has 1 aliphatic carbocycles. The van der Waals surface area contributed by atoms with Crippen molar-refractivity contribution in [2.24, 2.45) is 0 Å². The molecule has 3 atom stereocenters. The number of hydrogen-bond acceptors (Lipinski definition) is 9. The molecule has 0 bridgehead atoms. The number of pyridine rings is 2. The molecule has 15 heteroatoms. The molecule has 2 saturated heterocycles. The number of rotatable bonds is 14. The first-order chi connectivity index (χ1) is 26.5. The molecule has 0 saturated carbocycles. The summed E-state index contributed by atoms with van der Waals surface area (Å²) in [7, 11) is 2.96. The largest absolute Gasteiger partial charge is 0.496 e. The third-order valence-corrected chi connectivity index (χ3v) is 10.7. The number of carbonyl (C=O) groups excluding carboxylic acids is 2. The van der Waals surface area contributed by atoms with Crippen LogP contribution in [0.2, 0.25) is 5.02 Å². The molecule has 2 fully saturated rings. The van der Waals surface area contributed by atoms with E-state index < -0.39 is 23.7 Å². The fourth-order valence-electron chi connectivity index (χ4n) is 7.56. The zero-order chi connectivity index (χ0) is 38.7. The Morgan fingerprint density at radius 2 is 1.55 bits per heavy atom. The molecule has 0 unspecified atom stereocenters. The summed E-state index contributed by atoms with van der Waals surface area (Å²) in [5.74, 6) is 0.167. The number of hydrogen-bond donors (Lipinski definition) is 4. The van der Waals surface area contributed by atoms with Crippen molar-refractivity contribution in [1.29, 1.82) is 0 Å². The van der Waals surface area contributed by atoms with Crippen molar-refractivity contribution in [1.82, 2.24) is 31.2 Å². The summed E-state index contributed by atoms with van der Waals surface area (Å²) in [6.07, 6.45) is -0.330. The van der Waals surface area contributed by atoms with E-state index in [4.69, 9.17) is 25.8 Å². The van der Waals surface area contributed by atoms with Crippen LogP contribution in [0.4, 0.5) is 13.2 Å². The van der Waals surface area contributed by atoms with Gasteiger partial charge >= 0.3 is 6.18 Å². The molecule has 2 aromatic heterocycles. The van der Waals surface area contributed by atoms with Gasteiger partial charge in [0.1, 0.15) is 17.4 Å². The summed E-state index contributed by atoms with van der Waals surface area (Å²) in [6.45, 7) is 1.67. The molecule has 2 aromatic carbocycles. The molecule has 290 valence electrons. The van der Waals surface area contributed by atoms with E-state index in [9.17, 15) is 22.8 Å². The molecule has 55 heavy (non-hydrogen) atoms. The minimum atomic E-state index is -4.74. The molecular formula is C40H42ClF3N6O5. The van der Waals surface area contributed by atoms with E-state index in [1.165, 1.54) is 7.11 Å². The van der Waals surface area contributed by atoms with Gasteiger partial charge in [0, 0.05) is 79.6 Å². The molecule has 0 radical (unpaired) electrons. The highest BCUT2D eigenvalue weighted by molar-refractivity contribution is 6.35. The molecule has 4 heterocycles. The molecule has 2 amide bonds. The van der Waals surface area contributed by atoms with Gasteiger partial charge in [-0.25, -0.2) is 0 Å². The highest BCUT2D eigenvalue weighted by Crippen LogP contribution is 2.46. The summed E-state index contributed by atoms with van der Waals surface area (Å²) >= 11 is 7.09. The van der Waals surface area contributed by atoms with E-state index in [1.807, 2.05) is 42.5 Å². The number of aromatic nitrogens is 2. The minimum Gasteiger partial charge on any atom is -0.496 e. The summed E-state index contributed by atoms with van der Waals surface area (Å²) in [5.41, 5.74) is 4.73. The number of methoxy groups -OCH3 is 2. The predicted molar refractivity (Wildman–Crippen MR) is 200 cm³/mol. The highest BCUT2D eigenvalue weighted by Gasteiger charge is 2.39. The number of ether oxygens (including phenoxy) is 3. The zero-order valence-corrected chi connectivity index (χ0v) is 31.2. The third kappa shape index (κ3) is 8.51. The zero-order valence-electron chi connectivity index (χ0n) is 30.4. The lowest BCUT2D eigenvalue weighted by Gasteiger charge is -2.21. The van der Waals surface area contributed by atoms with Gasteiger partial charge in [-0.2, -0.15) is 18.2 Å². The van der Waals surface area contributed by atoms with Crippen LogP contribution in [0, 0.1) is 0 Å². The Balaban J connectivity index is 1.10. The van der Waals surface area contributed by atoms with Crippen LogP contribution in [0.1, 0.15) is 66.0 Å². The topological polar surface area (TPSA) is 136 Å². The second-order valence-corrected chi connectivity index (χ2v) is 14.3. The summed E-state index contributed by atoms with van der Waals surface area (Å²) in [4.78, 5) is 31.9. The van der Waals surface area contributed by atoms with Crippen LogP contribution in [-0.4, -0.2) is 61.2 Å². The molecule has 4 aromatic rings. The fraction of sp³-hybridized carbons (Fsp3) is 0.400. The Morgan fingerprint density at radius 3 is 2.18 bits per heavy atom. The molecule has 4 N–H and O–H groups in total. The van der Waals surface area contributed by atoms with Gasteiger partial charge in [-0.3, -0.25) is 14.6 Å². The van der Waals surface area contributed by atoms with Gasteiger partial charge < -0.3 is 35.5 Å². The van der Waals surface area contributed by atoms with Crippen molar-refractivity contribution in [3.05, 3.63) is 87.6 Å². The van der Waals surface area contributed by atoms with E-state index in [0.29, 0.717) is 68.2 Å². The van der Waals surface area contributed by atoms with E-state index in [2.05, 4.69) is 31.2 Å². The van der Waals surface area contributed by atoms with Crippen LogP contribution < -0.4 is 35.5 Å². The molecule has 0 spiro atoms. The number of carbonyl (C=O) groups is 2. The Bertz CT molecular complexity index is 2080. The second kappa shape index (κ2) is 16.4. The first kappa shape index (κ1) is 38.4. The summed E-state index contributed by atoms with van der Waals surface area (Å²) < 4.78 is 60.7. The van der Waals surface area contributed by atoms with Crippen molar-refractivity contribution in [3.63, 3.8) is 0 Å². The molecular weight excluding hydrogens is 737 g/mol. The normalized spacial score (nSPS) is 19.3. The number of halogens is 4. The first-order valence-corrected chi connectivity index (χ1v) is 18.7. The van der Waals surface area contributed by atoms with Gasteiger partial charge in [0.2, 0.25) is 23.6 Å². The molecule has 2 aliphatic heterocycles. The summed E-state index contributed by atoms with van der Waals surface area (Å²) in [6, 6.07) is 14.3. The quantitative estimate of drug-likeness (QED) is 0.116. The van der Waals surface area contributed by atoms with Crippen LogP contribution in [0.15, 0.2) is 54.7 Å². The number of benzene rings is 2. The van der Waals surface area contributed by atoms with E-state index >= 15 is 0 Å². The number of nitrogens with one attached hydrogen (secondary N) is 4. The second-order valence-electron chi connectivity index (χ2n) is 13.9. The van der Waals surface area contributed by atoms with Crippen LogP contribution >= 0.6 is 11.6 Å². The highest BCUT2D eigenvalue weighted by atomic mass is 35.5. The lowest BCUT2D eigenvalue weighted by molar-refractivity contribution is -0.139. The fourth-order valence-corrected chi connectivity index (χ4v) is 7.88. The van der Waals surface area contributed by atoms with Gasteiger partial charge in [-0.1, -0.05) is 41.9 Å². The molecule has 3 aliphatic rings. The maximum absolute atomic E-state index is 14.5. The Morgan fingerprint density at radius 1 is 0.836 bits per heavy atom. The average molecular weight is 779 g/mol. The van der Waals surface area contributed by atoms with Crippen molar-refractivity contribution < 1.29 is 37.0 Å². The lowest BCUT2D eigenvalue weighted by Crippen LogP contribution is -2.35. The van der Waals surface area contributed by atoms with E-state index in [1.54, 1.807) is 13.3 Å². The third-order valence-electron chi connectivity index (χ3n) is 10.3. The van der Waals surface area contributed by atoms with E-state index in [-0.39, 0.29) is 41.9 Å². The Labute approximate surface area is 321 Å². The summed E-state index contributed by atoms with van der Waals surface area (Å²) in [5, 5.41) is 12.7. The lowest BCUT2D eigenvalue weighted by atomic mass is 9.95. The maximum Gasteiger partial charge on any atom is 0.421 e. The Hall–Kier alpha value is -4.92. The Kier molecular flexibility index (Phi) is 11.5. The monoisotopic (exact) mass is 778 g/mol. The maximum atomic E-state index is 14.5. The van der Waals surface area contributed by atoms with Crippen molar-refractivity contribution in [2.45, 2.75) is 76.0 Å². The average Bonchev–Trinajstić information content (AvgIpc) is 3.91. The van der Waals surface area contributed by atoms with Crippen molar-refractivity contribution in [2.75, 3.05) is 27.3 Å². The number of fused-ring (bicyclic) bond motifs is 1. The van der Waals surface area contributed by atoms with Crippen LogP contribution in [0.5, 0.6) is 17.5 Å². The number of alkyl halides is 3. The van der Waals surface area contributed by atoms with Gasteiger partial charge in [-0.05, 0) is 60.6 Å². The number of amides is 2. The molecule has 7 rings (SSSR count). The van der Waals surface area contributed by atoms with Crippen molar-refractivity contribution >= 4 is 23.4 Å². The first-order valence-electron chi connectivity index (χ1n) is 18.3. The van der Waals surface area contributed by atoms with Crippen LogP contribution in [0.3, 0.4) is 0 Å². The van der Waals surface area contributed by atoms with Crippen LogP contribution in [-0.2, 0) is 35.3 Å². The van der Waals surface area contributed by atoms with Gasteiger partial charge in [0.05, 0.1) is 24.9 Å². The smallest absolute Gasteiger partial charge is 0.421 e. The van der Waals surface area contributed by atoms with Gasteiger partial charge in [0.25, 0.3) is 0 Å². The van der Waals surface area contributed by atoms with Gasteiger partial charge in [-0.15, -0.1) is 0 Å². The van der Waals surface area contributed by atoms with E-state index in [0.717, 1.165) is 45.9 Å². The SMILES string of the molecule is COc1cc(-c2nccc(-c3cccc4c3CC[C@H]4Oc3nc(OC)c(CNC[C@H]4CCC(=O)N4)cc3C(F)(F)F)c2Cl)ccc1CNC[C@@H]1CCC(=O)N1. The molecule has 11 nitrogen and oxygen atoms in total. The van der Waals surface area contributed by atoms with Crippen LogP contribution in [0.25, 0.3) is 22.4 Å².